The summed E-state index contributed by atoms with van der Waals surface area (Å²) < 4.78 is 26.8. The minimum absolute atomic E-state index is 0.113. The molecule has 0 spiro atoms. The first kappa shape index (κ1) is 20.1. The maximum Gasteiger partial charge on any atom is 0.318 e. The van der Waals surface area contributed by atoms with E-state index >= 15 is 0 Å². The van der Waals surface area contributed by atoms with Crippen molar-refractivity contribution in [2.24, 2.45) is 0 Å². The lowest BCUT2D eigenvalue weighted by Crippen LogP contribution is -2.38. The highest BCUT2D eigenvalue weighted by atomic mass is 32.2. The monoisotopic (exact) mass is 375 g/mol. The average Bonchev–Trinajstić information content (AvgIpc) is 2.59. The van der Waals surface area contributed by atoms with Crippen LogP contribution in [0.15, 0.2) is 59.5 Å². The van der Waals surface area contributed by atoms with Crippen molar-refractivity contribution in [1.29, 1.82) is 0 Å². The zero-order chi connectivity index (χ0) is 19.4. The molecule has 5 nitrogen and oxygen atoms in total. The van der Waals surface area contributed by atoms with Crippen molar-refractivity contribution in [2.75, 3.05) is 13.1 Å². The van der Waals surface area contributed by atoms with Crippen LogP contribution in [0, 0.1) is 6.92 Å². The minimum Gasteiger partial charge on any atom is -0.480 e. The molecule has 0 aliphatic carbocycles. The van der Waals surface area contributed by atoms with Gasteiger partial charge in [0.05, 0.1) is 4.90 Å². The molecule has 2 rings (SSSR count). The van der Waals surface area contributed by atoms with Gasteiger partial charge in [-0.1, -0.05) is 61.9 Å². The highest BCUT2D eigenvalue weighted by molar-refractivity contribution is 7.89. The van der Waals surface area contributed by atoms with E-state index in [2.05, 4.69) is 0 Å². The summed E-state index contributed by atoms with van der Waals surface area (Å²) >= 11 is 0. The Bertz CT molecular complexity index is 843. The lowest BCUT2D eigenvalue weighted by Gasteiger charge is -2.29. The Balaban J connectivity index is 2.24. The molecule has 0 aromatic heterocycles. The van der Waals surface area contributed by atoms with Crippen LogP contribution in [-0.4, -0.2) is 36.9 Å². The van der Waals surface area contributed by atoms with Crippen molar-refractivity contribution in [1.82, 2.24) is 4.31 Å². The number of hydrogen-bond acceptors (Lipinski definition) is 3. The molecule has 0 radical (unpaired) electrons. The predicted molar refractivity (Wildman–Crippen MR) is 102 cm³/mol. The Morgan fingerprint density at radius 1 is 1.04 bits per heavy atom. The molecular formula is C20H25NO4S. The van der Waals surface area contributed by atoms with Crippen LogP contribution in [0.1, 0.15) is 31.4 Å². The number of rotatable bonds is 8. The molecule has 0 heterocycles. The Hall–Kier alpha value is -2.18. The van der Waals surface area contributed by atoms with Crippen LogP contribution in [-0.2, 0) is 20.2 Å². The van der Waals surface area contributed by atoms with Crippen molar-refractivity contribution in [3.05, 3.63) is 65.7 Å². The lowest BCUT2D eigenvalue weighted by atomic mass is 9.81. The zero-order valence-corrected chi connectivity index (χ0v) is 16.2. The molecule has 0 unspecified atom stereocenters. The number of sulfonamides is 1. The Kier molecular flexibility index (Phi) is 6.21. The highest BCUT2D eigenvalue weighted by Gasteiger charge is 2.29. The van der Waals surface area contributed by atoms with Crippen LogP contribution in [0.5, 0.6) is 0 Å². The van der Waals surface area contributed by atoms with Crippen molar-refractivity contribution in [2.45, 2.75) is 37.5 Å². The van der Waals surface area contributed by atoms with Gasteiger partial charge in [0.2, 0.25) is 10.0 Å². The van der Waals surface area contributed by atoms with E-state index in [9.17, 15) is 18.3 Å². The number of carboxylic acid groups (broad SMARTS) is 1. The largest absolute Gasteiger partial charge is 0.480 e. The number of aryl methyl sites for hydroxylation is 1. The standard InChI is InChI=1S/C20H25NO4S/c1-16-9-11-18(12-10-16)26(24,25)21(15-19(22)23)14-13-20(2,3)17-7-5-4-6-8-17/h4-12H,13-15H2,1-3H3,(H,22,23). The first-order chi connectivity index (χ1) is 12.1. The van der Waals surface area contributed by atoms with Crippen LogP contribution < -0.4 is 0 Å². The van der Waals surface area contributed by atoms with E-state index < -0.39 is 22.5 Å². The average molecular weight is 375 g/mol. The smallest absolute Gasteiger partial charge is 0.318 e. The van der Waals surface area contributed by atoms with E-state index in [1.165, 1.54) is 12.1 Å². The molecule has 0 atom stereocenters. The molecule has 0 saturated carbocycles. The third-order valence-corrected chi connectivity index (χ3v) is 6.37. The van der Waals surface area contributed by atoms with Crippen LogP contribution >= 0.6 is 0 Å². The number of carbonyl (C=O) groups is 1. The second kappa shape index (κ2) is 8.01. The van der Waals surface area contributed by atoms with Gasteiger partial charge in [-0.3, -0.25) is 4.79 Å². The third kappa shape index (κ3) is 4.93. The summed E-state index contributed by atoms with van der Waals surface area (Å²) in [4.78, 5) is 11.3. The molecule has 6 heteroatoms. The van der Waals surface area contributed by atoms with Crippen molar-refractivity contribution < 1.29 is 18.3 Å². The van der Waals surface area contributed by atoms with Crippen LogP contribution in [0.25, 0.3) is 0 Å². The fourth-order valence-corrected chi connectivity index (χ4v) is 4.12. The fraction of sp³-hybridized carbons (Fsp3) is 0.350. The summed E-state index contributed by atoms with van der Waals surface area (Å²) in [5, 5.41) is 9.18. The number of aliphatic carboxylic acids is 1. The minimum atomic E-state index is -3.87. The van der Waals surface area contributed by atoms with Gasteiger partial charge in [-0.15, -0.1) is 0 Å². The van der Waals surface area contributed by atoms with Gasteiger partial charge in [0, 0.05) is 6.54 Å². The van der Waals surface area contributed by atoms with Crippen molar-refractivity contribution in [3.8, 4) is 0 Å². The molecular weight excluding hydrogens is 350 g/mol. The number of benzene rings is 2. The molecule has 140 valence electrons. The molecule has 1 N–H and O–H groups in total. The van der Waals surface area contributed by atoms with Crippen LogP contribution in [0.2, 0.25) is 0 Å². The van der Waals surface area contributed by atoms with Crippen molar-refractivity contribution >= 4 is 16.0 Å². The summed E-state index contributed by atoms with van der Waals surface area (Å²) in [5.74, 6) is -1.17. The molecule has 0 amide bonds. The maximum absolute atomic E-state index is 12.9. The van der Waals surface area contributed by atoms with Gasteiger partial charge in [0.1, 0.15) is 6.54 Å². The molecule has 0 saturated heterocycles. The van der Waals surface area contributed by atoms with Gasteiger partial charge < -0.3 is 5.11 Å². The number of nitrogens with zero attached hydrogens (tertiary/aromatic N) is 1. The second-order valence-electron chi connectivity index (χ2n) is 7.05. The predicted octanol–water partition coefficient (Wildman–Crippen LogP) is 3.44. The SMILES string of the molecule is Cc1ccc(S(=O)(=O)N(CCC(C)(C)c2ccccc2)CC(=O)O)cc1. The Labute approximate surface area is 155 Å². The highest BCUT2D eigenvalue weighted by Crippen LogP contribution is 2.28. The van der Waals surface area contributed by atoms with Crippen molar-refractivity contribution in [3.63, 3.8) is 0 Å². The third-order valence-electron chi connectivity index (χ3n) is 4.51. The van der Waals surface area contributed by atoms with Crippen LogP contribution in [0.3, 0.4) is 0 Å². The van der Waals surface area contributed by atoms with Gasteiger partial charge in [-0.05, 0) is 36.5 Å². The van der Waals surface area contributed by atoms with Gasteiger partial charge in [-0.2, -0.15) is 4.31 Å². The first-order valence-corrected chi connectivity index (χ1v) is 9.91. The van der Waals surface area contributed by atoms with Gasteiger partial charge >= 0.3 is 5.97 Å². The molecule has 0 bridgehead atoms. The molecule has 0 fully saturated rings. The van der Waals surface area contributed by atoms with Gasteiger partial charge in [-0.25, -0.2) is 8.42 Å². The first-order valence-electron chi connectivity index (χ1n) is 8.47. The number of hydrogen-bond donors (Lipinski definition) is 1. The summed E-state index contributed by atoms with van der Waals surface area (Å²) in [6, 6.07) is 16.2. The van der Waals surface area contributed by atoms with Gasteiger partial charge in [0.25, 0.3) is 0 Å². The maximum atomic E-state index is 12.9. The topological polar surface area (TPSA) is 74.7 Å². The zero-order valence-electron chi connectivity index (χ0n) is 15.3. The van der Waals surface area contributed by atoms with E-state index in [1.807, 2.05) is 51.1 Å². The van der Waals surface area contributed by atoms with E-state index in [4.69, 9.17) is 0 Å². The molecule has 0 aliphatic rings. The molecule has 0 aliphatic heterocycles. The quantitative estimate of drug-likeness (QED) is 0.767. The Morgan fingerprint density at radius 2 is 1.62 bits per heavy atom. The summed E-state index contributed by atoms with van der Waals surface area (Å²) in [6.07, 6.45) is 0.509. The molecule has 2 aromatic rings. The second-order valence-corrected chi connectivity index (χ2v) is 8.98. The van der Waals surface area contributed by atoms with E-state index in [-0.39, 0.29) is 16.9 Å². The fourth-order valence-electron chi connectivity index (χ4n) is 2.73. The summed E-state index contributed by atoms with van der Waals surface area (Å²) in [6.45, 7) is 5.50. The normalized spacial score (nSPS) is 12.3. The summed E-state index contributed by atoms with van der Waals surface area (Å²) in [7, 11) is -3.87. The number of carboxylic acids is 1. The van der Waals surface area contributed by atoms with Gasteiger partial charge in [0.15, 0.2) is 0 Å². The molecule has 26 heavy (non-hydrogen) atoms. The Morgan fingerprint density at radius 3 is 2.15 bits per heavy atom. The summed E-state index contributed by atoms with van der Waals surface area (Å²) in [5.41, 5.74) is 1.75. The van der Waals surface area contributed by atoms with Crippen LogP contribution in [0.4, 0.5) is 0 Å². The lowest BCUT2D eigenvalue weighted by molar-refractivity contribution is -0.137. The van der Waals surface area contributed by atoms with E-state index in [0.29, 0.717) is 6.42 Å². The van der Waals surface area contributed by atoms with E-state index in [0.717, 1.165) is 15.4 Å². The molecule has 2 aromatic carbocycles. The van der Waals surface area contributed by atoms with E-state index in [1.54, 1.807) is 12.1 Å².